The summed E-state index contributed by atoms with van der Waals surface area (Å²) in [4.78, 5) is 37.8. The molecule has 0 fully saturated rings. The second-order valence-corrected chi connectivity index (χ2v) is 5.81. The number of nitrogens with one attached hydrogen (secondary N) is 1. The van der Waals surface area contributed by atoms with Gasteiger partial charge >= 0.3 is 0 Å². The van der Waals surface area contributed by atoms with E-state index < -0.39 is 17.7 Å². The van der Waals surface area contributed by atoms with Crippen molar-refractivity contribution in [3.05, 3.63) is 65.2 Å². The van der Waals surface area contributed by atoms with E-state index in [1.807, 2.05) is 31.2 Å². The van der Waals surface area contributed by atoms with Crippen LogP contribution in [0.2, 0.25) is 0 Å². The number of fused-ring (bicyclic) bond motifs is 1. The summed E-state index contributed by atoms with van der Waals surface area (Å²) >= 11 is 0. The Balaban J connectivity index is 1.67. The van der Waals surface area contributed by atoms with Gasteiger partial charge in [0.25, 0.3) is 11.8 Å². The normalized spacial score (nSPS) is 14.2. The van der Waals surface area contributed by atoms with Crippen molar-refractivity contribution in [2.24, 2.45) is 0 Å². The Bertz CT molecular complexity index is 812. The summed E-state index contributed by atoms with van der Waals surface area (Å²) in [5, 5.41) is 2.80. The maximum atomic E-state index is 12.3. The quantitative estimate of drug-likeness (QED) is 0.848. The number of amides is 3. The molecule has 0 saturated heterocycles. The predicted molar refractivity (Wildman–Crippen MR) is 91.4 cm³/mol. The van der Waals surface area contributed by atoms with E-state index in [4.69, 9.17) is 4.74 Å². The van der Waals surface area contributed by atoms with Gasteiger partial charge in [-0.05, 0) is 36.8 Å². The smallest absolute Gasteiger partial charge is 0.262 e. The van der Waals surface area contributed by atoms with E-state index in [-0.39, 0.29) is 12.6 Å². The molecule has 1 unspecified atom stereocenters. The van der Waals surface area contributed by atoms with Crippen molar-refractivity contribution in [1.82, 2.24) is 10.2 Å². The van der Waals surface area contributed by atoms with Gasteiger partial charge in [-0.3, -0.25) is 19.3 Å². The second kappa shape index (κ2) is 6.76. The summed E-state index contributed by atoms with van der Waals surface area (Å²) in [5.41, 5.74) is 1.54. The van der Waals surface area contributed by atoms with Crippen LogP contribution >= 0.6 is 0 Å². The number of rotatable bonds is 5. The van der Waals surface area contributed by atoms with E-state index in [0.717, 1.165) is 10.5 Å². The number of carbonyl (C=O) groups is 3. The van der Waals surface area contributed by atoms with Gasteiger partial charge in [0.05, 0.1) is 24.3 Å². The largest absolute Gasteiger partial charge is 0.497 e. The molecule has 1 aliphatic heterocycles. The fraction of sp³-hybridized carbons (Fsp3) is 0.211. The Morgan fingerprint density at radius 1 is 1.08 bits per heavy atom. The number of hydrogen-bond donors (Lipinski definition) is 1. The van der Waals surface area contributed by atoms with Crippen molar-refractivity contribution in [2.45, 2.75) is 13.0 Å². The lowest BCUT2D eigenvalue weighted by Crippen LogP contribution is -2.41. The third-order valence-corrected chi connectivity index (χ3v) is 4.15. The van der Waals surface area contributed by atoms with Crippen LogP contribution in [0.4, 0.5) is 0 Å². The summed E-state index contributed by atoms with van der Waals surface area (Å²) in [6.07, 6.45) is 0. The van der Waals surface area contributed by atoms with Crippen LogP contribution in [-0.2, 0) is 4.79 Å². The molecule has 1 heterocycles. The van der Waals surface area contributed by atoms with Crippen LogP contribution in [0.5, 0.6) is 5.75 Å². The zero-order valence-electron chi connectivity index (χ0n) is 14.0. The molecule has 128 valence electrons. The second-order valence-electron chi connectivity index (χ2n) is 5.81. The molecule has 2 aromatic carbocycles. The van der Waals surface area contributed by atoms with Gasteiger partial charge in [-0.25, -0.2) is 0 Å². The lowest BCUT2D eigenvalue weighted by molar-refractivity contribution is -0.122. The highest BCUT2D eigenvalue weighted by Gasteiger charge is 2.36. The molecule has 0 bridgehead atoms. The van der Waals surface area contributed by atoms with Gasteiger partial charge in [0.2, 0.25) is 5.91 Å². The van der Waals surface area contributed by atoms with E-state index in [0.29, 0.717) is 16.9 Å². The Hall–Kier alpha value is -3.15. The lowest BCUT2D eigenvalue weighted by atomic mass is 10.1. The molecule has 6 nitrogen and oxygen atoms in total. The van der Waals surface area contributed by atoms with Crippen molar-refractivity contribution < 1.29 is 19.1 Å². The standard InChI is InChI=1S/C19H18N2O4/c1-12(13-6-5-7-14(10-13)25-2)20-17(22)11-21-18(23)15-8-3-4-9-16(15)19(21)24/h3-10,12H,11H2,1-2H3,(H,20,22). The molecule has 0 radical (unpaired) electrons. The SMILES string of the molecule is COc1cccc(C(C)NC(=O)CN2C(=O)c3ccccc3C2=O)c1. The first-order valence-electron chi connectivity index (χ1n) is 7.90. The van der Waals surface area contributed by atoms with E-state index in [1.165, 1.54) is 0 Å². The van der Waals surface area contributed by atoms with Crippen LogP contribution in [0.25, 0.3) is 0 Å². The van der Waals surface area contributed by atoms with Crippen molar-refractivity contribution in [3.8, 4) is 5.75 Å². The Morgan fingerprint density at radius 2 is 1.72 bits per heavy atom. The molecule has 1 N–H and O–H groups in total. The van der Waals surface area contributed by atoms with Crippen LogP contribution < -0.4 is 10.1 Å². The van der Waals surface area contributed by atoms with Gasteiger partial charge in [-0.1, -0.05) is 24.3 Å². The first-order chi connectivity index (χ1) is 12.0. The lowest BCUT2D eigenvalue weighted by Gasteiger charge is -2.18. The molecule has 1 aliphatic rings. The molecule has 3 amide bonds. The average Bonchev–Trinajstić information content (AvgIpc) is 2.87. The van der Waals surface area contributed by atoms with Crippen molar-refractivity contribution in [1.29, 1.82) is 0 Å². The molecule has 2 aromatic rings. The third-order valence-electron chi connectivity index (χ3n) is 4.15. The highest BCUT2D eigenvalue weighted by atomic mass is 16.5. The number of hydrogen-bond acceptors (Lipinski definition) is 4. The van der Waals surface area contributed by atoms with E-state index in [1.54, 1.807) is 31.4 Å². The summed E-state index contributed by atoms with van der Waals surface area (Å²) in [6.45, 7) is 1.52. The molecular weight excluding hydrogens is 320 g/mol. The zero-order valence-corrected chi connectivity index (χ0v) is 14.0. The maximum absolute atomic E-state index is 12.3. The number of methoxy groups -OCH3 is 1. The maximum Gasteiger partial charge on any atom is 0.262 e. The highest BCUT2D eigenvalue weighted by Crippen LogP contribution is 2.22. The molecule has 1 atom stereocenters. The van der Waals surface area contributed by atoms with E-state index in [2.05, 4.69) is 5.32 Å². The van der Waals surface area contributed by atoms with Crippen molar-refractivity contribution >= 4 is 17.7 Å². The molecular formula is C19H18N2O4. The monoisotopic (exact) mass is 338 g/mol. The first-order valence-corrected chi connectivity index (χ1v) is 7.90. The van der Waals surface area contributed by atoms with Crippen LogP contribution in [0.1, 0.15) is 39.2 Å². The summed E-state index contributed by atoms with van der Waals surface area (Å²) in [6, 6.07) is 13.6. The minimum Gasteiger partial charge on any atom is -0.497 e. The highest BCUT2D eigenvalue weighted by molar-refractivity contribution is 6.22. The molecule has 0 aliphatic carbocycles. The fourth-order valence-corrected chi connectivity index (χ4v) is 2.81. The van der Waals surface area contributed by atoms with E-state index >= 15 is 0 Å². The van der Waals surface area contributed by atoms with Crippen LogP contribution in [0.15, 0.2) is 48.5 Å². The number of carbonyl (C=O) groups excluding carboxylic acids is 3. The summed E-state index contributed by atoms with van der Waals surface area (Å²) < 4.78 is 5.17. The number of benzene rings is 2. The molecule has 25 heavy (non-hydrogen) atoms. The third kappa shape index (κ3) is 3.24. The van der Waals surface area contributed by atoms with Gasteiger partial charge in [-0.15, -0.1) is 0 Å². The minimum atomic E-state index is -0.440. The molecule has 0 saturated carbocycles. The number of imide groups is 1. The summed E-state index contributed by atoms with van der Waals surface area (Å²) in [7, 11) is 1.57. The van der Waals surface area contributed by atoms with Gasteiger partial charge in [0.15, 0.2) is 0 Å². The number of nitrogens with zero attached hydrogens (tertiary/aromatic N) is 1. The minimum absolute atomic E-state index is 0.280. The van der Waals surface area contributed by atoms with Gasteiger partial charge < -0.3 is 10.1 Å². The molecule has 3 rings (SSSR count). The Kier molecular flexibility index (Phi) is 4.52. The first kappa shape index (κ1) is 16.7. The Labute approximate surface area is 145 Å². The van der Waals surface area contributed by atoms with Gasteiger partial charge in [0.1, 0.15) is 12.3 Å². The molecule has 0 spiro atoms. The molecule has 6 heteroatoms. The van der Waals surface area contributed by atoms with Crippen LogP contribution in [0.3, 0.4) is 0 Å². The number of ether oxygens (including phenoxy) is 1. The van der Waals surface area contributed by atoms with Crippen LogP contribution in [0, 0.1) is 0 Å². The summed E-state index contributed by atoms with van der Waals surface area (Å²) in [5.74, 6) is -0.585. The topological polar surface area (TPSA) is 75.7 Å². The van der Waals surface area contributed by atoms with Crippen molar-refractivity contribution in [2.75, 3.05) is 13.7 Å². The molecule has 0 aromatic heterocycles. The van der Waals surface area contributed by atoms with Crippen LogP contribution in [-0.4, -0.2) is 36.3 Å². The Morgan fingerprint density at radius 3 is 2.32 bits per heavy atom. The van der Waals surface area contributed by atoms with E-state index in [9.17, 15) is 14.4 Å². The van der Waals surface area contributed by atoms with Crippen molar-refractivity contribution in [3.63, 3.8) is 0 Å². The van der Waals surface area contributed by atoms with Gasteiger partial charge in [0, 0.05) is 0 Å². The predicted octanol–water partition coefficient (Wildman–Crippen LogP) is 2.17. The zero-order chi connectivity index (χ0) is 18.0. The average molecular weight is 338 g/mol. The fourth-order valence-electron chi connectivity index (χ4n) is 2.81. The van der Waals surface area contributed by atoms with Gasteiger partial charge in [-0.2, -0.15) is 0 Å².